The smallest absolute Gasteiger partial charge is 0.0619 e. The van der Waals surface area contributed by atoms with Gasteiger partial charge < -0.3 is 9.47 Å². The van der Waals surface area contributed by atoms with Crippen LogP contribution in [0.1, 0.15) is 31.9 Å². The monoisotopic (exact) mass is 796 g/mol. The van der Waals surface area contributed by atoms with Crippen LogP contribution in [0.3, 0.4) is 0 Å². The van der Waals surface area contributed by atoms with Crippen LogP contribution in [-0.2, 0) is 5.41 Å². The van der Waals surface area contributed by atoms with E-state index < -0.39 is 0 Å². The van der Waals surface area contributed by atoms with E-state index in [-0.39, 0.29) is 5.41 Å². The van der Waals surface area contributed by atoms with E-state index in [4.69, 9.17) is 0 Å². The van der Waals surface area contributed by atoms with Crippen LogP contribution in [0.5, 0.6) is 0 Å². The van der Waals surface area contributed by atoms with Crippen molar-refractivity contribution in [1.29, 1.82) is 0 Å². The number of anilines is 3. The molecule has 62 heavy (non-hydrogen) atoms. The Balaban J connectivity index is 0.00000149. The van der Waals surface area contributed by atoms with Crippen LogP contribution in [0, 0.1) is 0 Å². The number of para-hydroxylation sites is 2. The van der Waals surface area contributed by atoms with Gasteiger partial charge in [-0.15, -0.1) is 6.58 Å². The highest BCUT2D eigenvalue weighted by Crippen LogP contribution is 2.51. The van der Waals surface area contributed by atoms with Crippen molar-refractivity contribution in [1.82, 2.24) is 4.57 Å². The number of nitrogens with zero attached hydrogens (tertiary/aromatic N) is 2. The van der Waals surface area contributed by atoms with E-state index in [1.54, 1.807) is 6.08 Å². The summed E-state index contributed by atoms with van der Waals surface area (Å²) in [6.45, 7) is 9.96. The summed E-state index contributed by atoms with van der Waals surface area (Å²) in [4.78, 5) is 2.41. The molecule has 0 aliphatic heterocycles. The molecule has 0 unspecified atom stereocenters. The number of aromatic nitrogens is 1. The van der Waals surface area contributed by atoms with Gasteiger partial charge >= 0.3 is 0 Å². The summed E-state index contributed by atoms with van der Waals surface area (Å²) < 4.78 is 2.43. The van der Waals surface area contributed by atoms with Gasteiger partial charge in [0.05, 0.1) is 11.0 Å². The van der Waals surface area contributed by atoms with E-state index >= 15 is 0 Å². The number of benzene rings is 9. The molecule has 0 N–H and O–H groups in total. The third-order valence-electron chi connectivity index (χ3n) is 12.4. The highest BCUT2D eigenvalue weighted by Gasteiger charge is 2.35. The Hall–Kier alpha value is -7.68. The minimum absolute atomic E-state index is 0.104. The van der Waals surface area contributed by atoms with Gasteiger partial charge in [-0.05, 0) is 124 Å². The normalized spacial score (nSPS) is 12.3. The molecule has 0 atom stereocenters. The molecule has 1 aromatic heterocycles. The third kappa shape index (κ3) is 6.71. The zero-order chi connectivity index (χ0) is 42.2. The van der Waals surface area contributed by atoms with Crippen LogP contribution >= 0.6 is 0 Å². The van der Waals surface area contributed by atoms with Crippen molar-refractivity contribution in [2.45, 2.75) is 26.2 Å². The lowest BCUT2D eigenvalue weighted by Gasteiger charge is -2.28. The lowest BCUT2D eigenvalue weighted by Crippen LogP contribution is -2.16. The molecule has 1 aliphatic rings. The number of hydrogen-bond acceptors (Lipinski definition) is 1. The van der Waals surface area contributed by atoms with Crippen LogP contribution in [0.15, 0.2) is 231 Å². The van der Waals surface area contributed by atoms with Gasteiger partial charge in [0.25, 0.3) is 0 Å². The Morgan fingerprint density at radius 3 is 1.58 bits per heavy atom. The van der Waals surface area contributed by atoms with Crippen LogP contribution in [0.2, 0.25) is 0 Å². The molecule has 11 rings (SSSR count). The third-order valence-corrected chi connectivity index (χ3v) is 12.4. The predicted octanol–water partition coefficient (Wildman–Crippen LogP) is 16.8. The minimum atomic E-state index is -0.104. The Morgan fingerprint density at radius 2 is 0.919 bits per heavy atom. The van der Waals surface area contributed by atoms with Gasteiger partial charge in [0.15, 0.2) is 0 Å². The predicted molar refractivity (Wildman–Crippen MR) is 265 cm³/mol. The number of rotatable bonds is 7. The molecule has 0 amide bonds. The summed E-state index contributed by atoms with van der Waals surface area (Å²) >= 11 is 0. The molecule has 1 heterocycles. The molecule has 9 aromatic carbocycles. The standard InChI is InChI=1S/C57H42N2.C3H6/c1-57(2)53-24-14-12-22-48(53)49-35-34-47(38-54(49)57)58(45-30-26-40(27-31-45)39-16-6-3-7-17-39)46-32-28-41(29-33-46)43-36-51(42-18-8-4-9-19-42)56-52(37-43)50-23-13-15-25-55(50)59(56)44-20-10-5-11-21-44;1-3-2/h3-38H,1-2H3;3H,1H2,2H3. The van der Waals surface area contributed by atoms with Crippen molar-refractivity contribution < 1.29 is 0 Å². The molecule has 2 nitrogen and oxygen atoms in total. The molecule has 298 valence electrons. The average molecular weight is 797 g/mol. The Labute approximate surface area is 365 Å². The first-order chi connectivity index (χ1) is 30.4. The fourth-order valence-corrected chi connectivity index (χ4v) is 9.46. The topological polar surface area (TPSA) is 8.17 Å². The molecule has 10 aromatic rings. The second-order valence-corrected chi connectivity index (χ2v) is 16.6. The molecule has 0 fully saturated rings. The lowest BCUT2D eigenvalue weighted by molar-refractivity contribution is 0.660. The van der Waals surface area contributed by atoms with Gasteiger partial charge in [0, 0.05) is 44.5 Å². The van der Waals surface area contributed by atoms with Gasteiger partial charge in [-0.1, -0.05) is 172 Å². The zero-order valence-corrected chi connectivity index (χ0v) is 35.5. The van der Waals surface area contributed by atoms with Crippen molar-refractivity contribution >= 4 is 38.9 Å². The molecule has 0 radical (unpaired) electrons. The van der Waals surface area contributed by atoms with Crippen LogP contribution in [-0.4, -0.2) is 4.57 Å². The Kier molecular flexibility index (Phi) is 9.98. The van der Waals surface area contributed by atoms with Gasteiger partial charge in [0.2, 0.25) is 0 Å². The van der Waals surface area contributed by atoms with E-state index in [0.29, 0.717) is 0 Å². The highest BCUT2D eigenvalue weighted by molar-refractivity contribution is 6.15. The fraction of sp³-hybridized carbons (Fsp3) is 0.0667. The van der Waals surface area contributed by atoms with Crippen molar-refractivity contribution in [2.24, 2.45) is 0 Å². The first kappa shape index (κ1) is 38.5. The summed E-state index contributed by atoms with van der Waals surface area (Å²) in [5.41, 5.74) is 19.4. The maximum atomic E-state index is 3.36. The molecular weight excluding hydrogens is 749 g/mol. The van der Waals surface area contributed by atoms with Gasteiger partial charge in [-0.3, -0.25) is 0 Å². The summed E-state index contributed by atoms with van der Waals surface area (Å²) in [5.74, 6) is 0. The SMILES string of the molecule is C=CC.CC1(C)c2ccccc2-c2ccc(N(c3ccc(-c4ccccc4)cc3)c3ccc(-c4cc(-c5ccccc5)c5c(c4)c4ccccc4n5-c4ccccc4)cc3)cc21. The van der Waals surface area contributed by atoms with Gasteiger partial charge in [0.1, 0.15) is 0 Å². The van der Waals surface area contributed by atoms with Crippen molar-refractivity contribution in [3.8, 4) is 50.2 Å². The Bertz CT molecular complexity index is 3190. The molecule has 0 spiro atoms. The quantitative estimate of drug-likeness (QED) is 0.146. The van der Waals surface area contributed by atoms with E-state index in [1.807, 2.05) is 6.92 Å². The lowest BCUT2D eigenvalue weighted by atomic mass is 9.82. The highest BCUT2D eigenvalue weighted by atomic mass is 15.1. The number of fused-ring (bicyclic) bond motifs is 6. The van der Waals surface area contributed by atoms with E-state index in [1.165, 1.54) is 77.4 Å². The van der Waals surface area contributed by atoms with Gasteiger partial charge in [-0.2, -0.15) is 0 Å². The molecular formula is C60H48N2. The van der Waals surface area contributed by atoms with Crippen LogP contribution < -0.4 is 4.90 Å². The van der Waals surface area contributed by atoms with Crippen molar-refractivity contribution in [3.05, 3.63) is 242 Å². The van der Waals surface area contributed by atoms with E-state index in [0.717, 1.165) is 22.7 Å². The maximum Gasteiger partial charge on any atom is 0.0619 e. The van der Waals surface area contributed by atoms with Crippen molar-refractivity contribution in [3.63, 3.8) is 0 Å². The van der Waals surface area contributed by atoms with Gasteiger partial charge in [-0.25, -0.2) is 0 Å². The first-order valence-corrected chi connectivity index (χ1v) is 21.5. The first-order valence-electron chi connectivity index (χ1n) is 21.5. The zero-order valence-electron chi connectivity index (χ0n) is 35.5. The largest absolute Gasteiger partial charge is 0.310 e. The molecule has 2 heteroatoms. The second kappa shape index (κ2) is 16.1. The molecule has 1 aliphatic carbocycles. The fourth-order valence-electron chi connectivity index (χ4n) is 9.46. The van der Waals surface area contributed by atoms with Crippen LogP contribution in [0.25, 0.3) is 72.0 Å². The summed E-state index contributed by atoms with van der Waals surface area (Å²) in [6.07, 6.45) is 1.75. The second-order valence-electron chi connectivity index (χ2n) is 16.6. The molecule has 0 saturated carbocycles. The van der Waals surface area contributed by atoms with Crippen molar-refractivity contribution in [2.75, 3.05) is 4.90 Å². The maximum absolute atomic E-state index is 3.36. The molecule has 0 saturated heterocycles. The Morgan fingerprint density at radius 1 is 0.419 bits per heavy atom. The molecule has 0 bridgehead atoms. The minimum Gasteiger partial charge on any atom is -0.310 e. The summed E-state index contributed by atoms with van der Waals surface area (Å²) in [5, 5.41) is 2.49. The van der Waals surface area contributed by atoms with Crippen LogP contribution in [0.4, 0.5) is 17.1 Å². The average Bonchev–Trinajstić information content (AvgIpc) is 3.78. The van der Waals surface area contributed by atoms with E-state index in [2.05, 4.69) is 248 Å². The number of hydrogen-bond donors (Lipinski definition) is 0. The number of allylic oxidation sites excluding steroid dienone is 1. The van der Waals surface area contributed by atoms with E-state index in [9.17, 15) is 0 Å². The summed E-state index contributed by atoms with van der Waals surface area (Å²) in [6, 6.07) is 79.8. The summed E-state index contributed by atoms with van der Waals surface area (Å²) in [7, 11) is 0.